The lowest BCUT2D eigenvalue weighted by Crippen LogP contribution is -2.52. The normalized spacial score (nSPS) is 25.3. The van der Waals surface area contributed by atoms with Gasteiger partial charge in [-0.2, -0.15) is 13.2 Å². The molecule has 6 nitrogen and oxygen atoms in total. The summed E-state index contributed by atoms with van der Waals surface area (Å²) in [5.41, 5.74) is -1.09. The SMILES string of the molecule is CC1CCCC(NC(=O)CN2CCN(CC(=O)Nc3ccccc3C(F)(F)F)CC2)C1C. The van der Waals surface area contributed by atoms with Crippen molar-refractivity contribution in [1.29, 1.82) is 0 Å². The Morgan fingerprint density at radius 3 is 2.19 bits per heavy atom. The van der Waals surface area contributed by atoms with Gasteiger partial charge in [-0.15, -0.1) is 0 Å². The van der Waals surface area contributed by atoms with Gasteiger partial charge in [0.25, 0.3) is 0 Å². The van der Waals surface area contributed by atoms with Crippen molar-refractivity contribution < 1.29 is 22.8 Å². The highest BCUT2D eigenvalue weighted by Gasteiger charge is 2.34. The number of carbonyl (C=O) groups excluding carboxylic acids is 2. The van der Waals surface area contributed by atoms with E-state index in [1.807, 2.05) is 4.90 Å². The van der Waals surface area contributed by atoms with Crippen LogP contribution in [0.1, 0.15) is 38.7 Å². The number of piperazine rings is 1. The molecule has 2 fully saturated rings. The fraction of sp³-hybridized carbons (Fsp3) is 0.652. The van der Waals surface area contributed by atoms with Gasteiger partial charge in [-0.1, -0.05) is 38.8 Å². The van der Waals surface area contributed by atoms with Crippen molar-refractivity contribution in [2.75, 3.05) is 44.6 Å². The zero-order chi connectivity index (χ0) is 23.3. The predicted molar refractivity (Wildman–Crippen MR) is 117 cm³/mol. The largest absolute Gasteiger partial charge is 0.418 e. The molecular weight excluding hydrogens is 421 g/mol. The minimum absolute atomic E-state index is 0.0176. The summed E-state index contributed by atoms with van der Waals surface area (Å²) >= 11 is 0. The second-order valence-corrected chi connectivity index (χ2v) is 9.09. The summed E-state index contributed by atoms with van der Waals surface area (Å²) in [6.07, 6.45) is -1.14. The molecule has 1 aliphatic carbocycles. The molecule has 2 amide bonds. The average Bonchev–Trinajstić information content (AvgIpc) is 2.72. The van der Waals surface area contributed by atoms with Crippen LogP contribution >= 0.6 is 0 Å². The maximum absolute atomic E-state index is 13.1. The van der Waals surface area contributed by atoms with Crippen LogP contribution < -0.4 is 10.6 Å². The number of halogens is 3. The van der Waals surface area contributed by atoms with Crippen LogP contribution in [0.3, 0.4) is 0 Å². The van der Waals surface area contributed by atoms with E-state index < -0.39 is 17.6 Å². The second-order valence-electron chi connectivity index (χ2n) is 9.09. The van der Waals surface area contributed by atoms with Crippen LogP contribution in [0.2, 0.25) is 0 Å². The zero-order valence-corrected chi connectivity index (χ0v) is 18.8. The number of hydrogen-bond acceptors (Lipinski definition) is 4. The summed E-state index contributed by atoms with van der Waals surface area (Å²) in [4.78, 5) is 28.7. The van der Waals surface area contributed by atoms with E-state index in [1.54, 1.807) is 0 Å². The molecular formula is C23H33F3N4O2. The zero-order valence-electron chi connectivity index (χ0n) is 18.8. The first kappa shape index (κ1) is 24.5. The number of para-hydroxylation sites is 1. The van der Waals surface area contributed by atoms with Gasteiger partial charge in [0.15, 0.2) is 0 Å². The molecule has 0 radical (unpaired) electrons. The highest BCUT2D eigenvalue weighted by molar-refractivity contribution is 5.93. The molecule has 178 valence electrons. The number of benzene rings is 1. The Morgan fingerprint density at radius 2 is 1.56 bits per heavy atom. The van der Waals surface area contributed by atoms with Gasteiger partial charge in [0.2, 0.25) is 11.8 Å². The molecule has 1 aromatic carbocycles. The van der Waals surface area contributed by atoms with E-state index in [0.717, 1.165) is 18.9 Å². The van der Waals surface area contributed by atoms with Gasteiger partial charge in [0.05, 0.1) is 24.3 Å². The van der Waals surface area contributed by atoms with Gasteiger partial charge < -0.3 is 10.6 Å². The summed E-state index contributed by atoms with van der Waals surface area (Å²) < 4.78 is 39.3. The Hall–Kier alpha value is -2.13. The first-order valence-electron chi connectivity index (χ1n) is 11.3. The lowest BCUT2D eigenvalue weighted by atomic mass is 9.78. The molecule has 0 spiro atoms. The first-order chi connectivity index (χ1) is 15.1. The maximum atomic E-state index is 13.1. The second kappa shape index (κ2) is 10.7. The van der Waals surface area contributed by atoms with Gasteiger partial charge >= 0.3 is 6.18 Å². The van der Waals surface area contributed by atoms with E-state index >= 15 is 0 Å². The van der Waals surface area contributed by atoms with Crippen molar-refractivity contribution in [3.8, 4) is 0 Å². The van der Waals surface area contributed by atoms with Crippen LogP contribution in [0, 0.1) is 11.8 Å². The van der Waals surface area contributed by atoms with E-state index in [9.17, 15) is 22.8 Å². The molecule has 1 heterocycles. The molecule has 0 aromatic heterocycles. The van der Waals surface area contributed by atoms with Crippen molar-refractivity contribution in [2.45, 2.75) is 45.3 Å². The molecule has 32 heavy (non-hydrogen) atoms. The molecule has 2 N–H and O–H groups in total. The third-order valence-electron chi connectivity index (χ3n) is 6.76. The van der Waals surface area contributed by atoms with E-state index in [0.29, 0.717) is 44.6 Å². The minimum atomic E-state index is -4.52. The molecule has 3 unspecified atom stereocenters. The molecule has 3 rings (SSSR count). The predicted octanol–water partition coefficient (Wildman–Crippen LogP) is 3.20. The summed E-state index contributed by atoms with van der Waals surface area (Å²) in [7, 11) is 0. The Balaban J connectivity index is 1.41. The fourth-order valence-corrected chi connectivity index (χ4v) is 4.58. The van der Waals surface area contributed by atoms with Crippen LogP contribution in [0.15, 0.2) is 24.3 Å². The quantitative estimate of drug-likeness (QED) is 0.693. The number of rotatable bonds is 6. The standard InChI is InChI=1S/C23H33F3N4O2/c1-16-6-5-9-19(17(16)2)27-21(31)14-29-10-12-30(13-11-29)15-22(32)28-20-8-4-3-7-18(20)23(24,25)26/h3-4,7-8,16-17,19H,5-6,9-15H2,1-2H3,(H,27,31)(H,28,32). The third-order valence-corrected chi connectivity index (χ3v) is 6.76. The van der Waals surface area contributed by atoms with Gasteiger partial charge in [-0.3, -0.25) is 19.4 Å². The molecule has 9 heteroatoms. The molecule has 3 atom stereocenters. The Kier molecular flexibility index (Phi) is 8.16. The smallest absolute Gasteiger partial charge is 0.352 e. The molecule has 1 aliphatic heterocycles. The number of hydrogen-bond donors (Lipinski definition) is 2. The first-order valence-corrected chi connectivity index (χ1v) is 11.3. The highest BCUT2D eigenvalue weighted by atomic mass is 19.4. The van der Waals surface area contributed by atoms with Crippen molar-refractivity contribution in [2.24, 2.45) is 11.8 Å². The monoisotopic (exact) mass is 454 g/mol. The Bertz CT molecular complexity index is 794. The minimum Gasteiger partial charge on any atom is -0.352 e. The summed E-state index contributed by atoms with van der Waals surface area (Å²) in [6.45, 7) is 7.22. The van der Waals surface area contributed by atoms with Crippen LogP contribution in [-0.4, -0.2) is 66.9 Å². The van der Waals surface area contributed by atoms with E-state index in [1.165, 1.54) is 24.6 Å². The highest BCUT2D eigenvalue weighted by Crippen LogP contribution is 2.34. The number of amides is 2. The van der Waals surface area contributed by atoms with Gasteiger partial charge in [0.1, 0.15) is 0 Å². The van der Waals surface area contributed by atoms with Crippen LogP contribution in [0.4, 0.5) is 18.9 Å². The van der Waals surface area contributed by atoms with Crippen LogP contribution in [0.5, 0.6) is 0 Å². The van der Waals surface area contributed by atoms with Crippen molar-refractivity contribution in [3.63, 3.8) is 0 Å². The number of alkyl halides is 3. The van der Waals surface area contributed by atoms with Crippen molar-refractivity contribution in [3.05, 3.63) is 29.8 Å². The lowest BCUT2D eigenvalue weighted by molar-refractivity contribution is -0.137. The topological polar surface area (TPSA) is 64.7 Å². The fourth-order valence-electron chi connectivity index (χ4n) is 4.58. The van der Waals surface area contributed by atoms with Gasteiger partial charge in [-0.25, -0.2) is 0 Å². The molecule has 0 bridgehead atoms. The number of nitrogens with one attached hydrogen (secondary N) is 2. The van der Waals surface area contributed by atoms with Gasteiger partial charge in [0, 0.05) is 32.2 Å². The molecule has 1 saturated carbocycles. The Morgan fingerprint density at radius 1 is 0.969 bits per heavy atom. The van der Waals surface area contributed by atoms with Gasteiger partial charge in [-0.05, 0) is 30.4 Å². The molecule has 2 aliphatic rings. The number of anilines is 1. The summed E-state index contributed by atoms with van der Waals surface area (Å²) in [5, 5.41) is 5.57. The van der Waals surface area contributed by atoms with E-state index in [4.69, 9.17) is 0 Å². The summed E-state index contributed by atoms with van der Waals surface area (Å²) in [5.74, 6) is 0.650. The number of carbonyl (C=O) groups is 2. The number of nitrogens with zero attached hydrogens (tertiary/aromatic N) is 2. The van der Waals surface area contributed by atoms with Crippen molar-refractivity contribution >= 4 is 17.5 Å². The maximum Gasteiger partial charge on any atom is 0.418 e. The van der Waals surface area contributed by atoms with E-state index in [2.05, 4.69) is 29.4 Å². The lowest BCUT2D eigenvalue weighted by Gasteiger charge is -2.36. The molecule has 1 aromatic rings. The van der Waals surface area contributed by atoms with Crippen LogP contribution in [-0.2, 0) is 15.8 Å². The Labute approximate surface area is 187 Å². The summed E-state index contributed by atoms with van der Waals surface area (Å²) in [6, 6.07) is 5.20. The average molecular weight is 455 g/mol. The van der Waals surface area contributed by atoms with E-state index in [-0.39, 0.29) is 24.2 Å². The molecule has 1 saturated heterocycles. The van der Waals surface area contributed by atoms with Crippen LogP contribution in [0.25, 0.3) is 0 Å². The van der Waals surface area contributed by atoms with Crippen molar-refractivity contribution in [1.82, 2.24) is 15.1 Å². The third kappa shape index (κ3) is 6.68.